The van der Waals surface area contributed by atoms with Gasteiger partial charge in [0.05, 0.1) is 12.5 Å². The first-order valence-corrected chi connectivity index (χ1v) is 3.66. The standard InChI is InChI=1S/C7H13NO2/c1-2-10-7(9)6-3-5(6)4-8/h5-6H,2-4,8H2,1H3/t5-,6+/m0/s1. The van der Waals surface area contributed by atoms with Crippen molar-refractivity contribution in [3.8, 4) is 0 Å². The van der Waals surface area contributed by atoms with Gasteiger partial charge in [-0.1, -0.05) is 0 Å². The molecule has 2 N–H and O–H groups in total. The summed E-state index contributed by atoms with van der Waals surface area (Å²) in [7, 11) is 0. The normalized spacial score (nSPS) is 29.8. The Kier molecular flexibility index (Phi) is 2.27. The maximum Gasteiger partial charge on any atom is 0.309 e. The van der Waals surface area contributed by atoms with Crippen LogP contribution in [0.5, 0.6) is 0 Å². The summed E-state index contributed by atoms with van der Waals surface area (Å²) < 4.78 is 4.80. The molecule has 0 aromatic rings. The van der Waals surface area contributed by atoms with Crippen molar-refractivity contribution in [2.45, 2.75) is 13.3 Å². The molecule has 0 bridgehead atoms. The molecule has 0 aliphatic heterocycles. The molecule has 1 saturated carbocycles. The zero-order valence-electron chi connectivity index (χ0n) is 6.17. The first-order chi connectivity index (χ1) is 4.79. The van der Waals surface area contributed by atoms with E-state index >= 15 is 0 Å². The minimum Gasteiger partial charge on any atom is -0.466 e. The fraction of sp³-hybridized carbons (Fsp3) is 0.857. The number of carbonyl (C=O) groups is 1. The van der Waals surface area contributed by atoms with Crippen LogP contribution in [-0.4, -0.2) is 19.1 Å². The molecule has 0 saturated heterocycles. The van der Waals surface area contributed by atoms with E-state index in [1.807, 2.05) is 6.92 Å². The third-order valence-corrected chi connectivity index (χ3v) is 1.81. The van der Waals surface area contributed by atoms with Gasteiger partial charge < -0.3 is 10.5 Å². The van der Waals surface area contributed by atoms with Gasteiger partial charge >= 0.3 is 5.97 Å². The van der Waals surface area contributed by atoms with Gasteiger partial charge in [0.15, 0.2) is 0 Å². The molecular weight excluding hydrogens is 130 g/mol. The largest absolute Gasteiger partial charge is 0.466 e. The van der Waals surface area contributed by atoms with Crippen LogP contribution < -0.4 is 5.73 Å². The average Bonchev–Trinajstić information content (AvgIpc) is 2.66. The molecule has 3 heteroatoms. The molecule has 58 valence electrons. The SMILES string of the molecule is CCOC(=O)[C@@H]1C[C@H]1CN. The number of rotatable bonds is 3. The average molecular weight is 143 g/mol. The minimum absolute atomic E-state index is 0.0713. The van der Waals surface area contributed by atoms with Crippen LogP contribution in [0.3, 0.4) is 0 Å². The van der Waals surface area contributed by atoms with E-state index in [2.05, 4.69) is 0 Å². The quantitative estimate of drug-likeness (QED) is 0.572. The molecule has 2 atom stereocenters. The van der Waals surface area contributed by atoms with Gasteiger partial charge in [0.2, 0.25) is 0 Å². The van der Waals surface area contributed by atoms with Crippen molar-refractivity contribution in [1.82, 2.24) is 0 Å². The fourth-order valence-electron chi connectivity index (χ4n) is 1.05. The third kappa shape index (κ3) is 1.48. The predicted molar refractivity (Wildman–Crippen MR) is 37.3 cm³/mol. The van der Waals surface area contributed by atoms with E-state index in [1.165, 1.54) is 0 Å². The van der Waals surface area contributed by atoms with Crippen LogP contribution in [0.1, 0.15) is 13.3 Å². The second-order valence-corrected chi connectivity index (χ2v) is 2.59. The van der Waals surface area contributed by atoms with E-state index in [1.54, 1.807) is 0 Å². The topological polar surface area (TPSA) is 52.3 Å². The lowest BCUT2D eigenvalue weighted by Gasteiger charge is -1.97. The van der Waals surface area contributed by atoms with Gasteiger partial charge in [-0.25, -0.2) is 0 Å². The lowest BCUT2D eigenvalue weighted by atomic mass is 10.3. The first-order valence-electron chi connectivity index (χ1n) is 3.66. The molecule has 0 radical (unpaired) electrons. The Labute approximate surface area is 60.5 Å². The van der Waals surface area contributed by atoms with Crippen LogP contribution in [0, 0.1) is 11.8 Å². The van der Waals surface area contributed by atoms with E-state index in [9.17, 15) is 4.79 Å². The van der Waals surface area contributed by atoms with E-state index < -0.39 is 0 Å². The first kappa shape index (κ1) is 7.54. The molecule has 10 heavy (non-hydrogen) atoms. The van der Waals surface area contributed by atoms with E-state index in [4.69, 9.17) is 10.5 Å². The molecule has 1 rings (SSSR count). The highest BCUT2D eigenvalue weighted by Crippen LogP contribution is 2.38. The molecule has 0 aromatic carbocycles. The summed E-state index contributed by atoms with van der Waals surface area (Å²) in [5, 5.41) is 0. The van der Waals surface area contributed by atoms with Gasteiger partial charge in [-0.2, -0.15) is 0 Å². The lowest BCUT2D eigenvalue weighted by molar-refractivity contribution is -0.145. The Hall–Kier alpha value is -0.570. The summed E-state index contributed by atoms with van der Waals surface area (Å²) in [6, 6.07) is 0. The molecule has 0 unspecified atom stereocenters. The zero-order valence-corrected chi connectivity index (χ0v) is 6.17. The van der Waals surface area contributed by atoms with Gasteiger partial charge in [-0.15, -0.1) is 0 Å². The van der Waals surface area contributed by atoms with Crippen LogP contribution in [0.2, 0.25) is 0 Å². The molecule has 1 aliphatic rings. The van der Waals surface area contributed by atoms with Crippen molar-refractivity contribution in [3.63, 3.8) is 0 Å². The summed E-state index contributed by atoms with van der Waals surface area (Å²) in [5.41, 5.74) is 5.35. The van der Waals surface area contributed by atoms with Crippen LogP contribution >= 0.6 is 0 Å². The van der Waals surface area contributed by atoms with Gasteiger partial charge in [-0.3, -0.25) is 4.79 Å². The molecule has 1 fully saturated rings. The third-order valence-electron chi connectivity index (χ3n) is 1.81. The highest BCUT2D eigenvalue weighted by Gasteiger charge is 2.42. The second-order valence-electron chi connectivity index (χ2n) is 2.59. The van der Waals surface area contributed by atoms with Crippen molar-refractivity contribution < 1.29 is 9.53 Å². The van der Waals surface area contributed by atoms with Crippen molar-refractivity contribution in [2.75, 3.05) is 13.2 Å². The number of carbonyl (C=O) groups excluding carboxylic acids is 1. The molecule has 1 aliphatic carbocycles. The van der Waals surface area contributed by atoms with E-state index in [-0.39, 0.29) is 11.9 Å². The summed E-state index contributed by atoms with van der Waals surface area (Å²) >= 11 is 0. The zero-order chi connectivity index (χ0) is 7.56. The number of ether oxygens (including phenoxy) is 1. The minimum atomic E-state index is -0.0713. The Balaban J connectivity index is 2.19. The van der Waals surface area contributed by atoms with Gasteiger partial charge in [0, 0.05) is 0 Å². The number of hydrogen-bond donors (Lipinski definition) is 1. The molecule has 0 amide bonds. The molecule has 3 nitrogen and oxygen atoms in total. The fourth-order valence-corrected chi connectivity index (χ4v) is 1.05. The lowest BCUT2D eigenvalue weighted by Crippen LogP contribution is -2.11. The maximum atomic E-state index is 10.9. The van der Waals surface area contributed by atoms with Crippen LogP contribution in [-0.2, 0) is 9.53 Å². The maximum absolute atomic E-state index is 10.9. The molecule has 0 spiro atoms. The highest BCUT2D eigenvalue weighted by atomic mass is 16.5. The summed E-state index contributed by atoms with van der Waals surface area (Å²) in [6.45, 7) is 2.91. The molecule has 0 heterocycles. The van der Waals surface area contributed by atoms with E-state index in [0.29, 0.717) is 19.1 Å². The smallest absolute Gasteiger partial charge is 0.309 e. The van der Waals surface area contributed by atoms with Crippen molar-refractivity contribution in [1.29, 1.82) is 0 Å². The van der Waals surface area contributed by atoms with Gasteiger partial charge in [0.25, 0.3) is 0 Å². The molecule has 0 aromatic heterocycles. The van der Waals surface area contributed by atoms with Crippen LogP contribution in [0.4, 0.5) is 0 Å². The number of nitrogens with two attached hydrogens (primary N) is 1. The summed E-state index contributed by atoms with van der Waals surface area (Å²) in [5.74, 6) is 0.446. The Morgan fingerprint density at radius 2 is 2.50 bits per heavy atom. The Bertz CT molecular complexity index is 136. The van der Waals surface area contributed by atoms with Crippen molar-refractivity contribution in [2.24, 2.45) is 17.6 Å². The van der Waals surface area contributed by atoms with Crippen LogP contribution in [0.25, 0.3) is 0 Å². The van der Waals surface area contributed by atoms with Crippen molar-refractivity contribution >= 4 is 5.97 Å². The van der Waals surface area contributed by atoms with Crippen molar-refractivity contribution in [3.05, 3.63) is 0 Å². The number of esters is 1. The van der Waals surface area contributed by atoms with Gasteiger partial charge in [-0.05, 0) is 25.8 Å². The molecular formula is C7H13NO2. The Morgan fingerprint density at radius 1 is 1.80 bits per heavy atom. The Morgan fingerprint density at radius 3 is 2.90 bits per heavy atom. The second kappa shape index (κ2) is 3.01. The predicted octanol–water partition coefficient (Wildman–Crippen LogP) is 0.144. The monoisotopic (exact) mass is 143 g/mol. The highest BCUT2D eigenvalue weighted by molar-refractivity contribution is 5.75. The summed E-state index contributed by atoms with van der Waals surface area (Å²) in [4.78, 5) is 10.9. The van der Waals surface area contributed by atoms with E-state index in [0.717, 1.165) is 6.42 Å². The van der Waals surface area contributed by atoms with Crippen LogP contribution in [0.15, 0.2) is 0 Å². The van der Waals surface area contributed by atoms with Gasteiger partial charge in [0.1, 0.15) is 0 Å². The number of hydrogen-bond acceptors (Lipinski definition) is 3. The summed E-state index contributed by atoms with van der Waals surface area (Å²) in [6.07, 6.45) is 0.926.